The van der Waals surface area contributed by atoms with E-state index in [1.165, 1.54) is 24.5 Å². The first-order chi connectivity index (χ1) is 14.0. The molecule has 0 spiro atoms. The van der Waals surface area contributed by atoms with Gasteiger partial charge >= 0.3 is 0 Å². The van der Waals surface area contributed by atoms with Gasteiger partial charge in [0.25, 0.3) is 0 Å². The number of aromatic nitrogens is 2. The van der Waals surface area contributed by atoms with Crippen LogP contribution in [0.5, 0.6) is 11.6 Å². The first-order valence-corrected chi connectivity index (χ1v) is 10.3. The van der Waals surface area contributed by atoms with Crippen LogP contribution >= 0.6 is 11.6 Å². The molecule has 8 heteroatoms. The number of unbranched alkanes of at least 4 members (excludes halogenated alkanes) is 2. The number of carbonyl (C=O) groups is 1. The van der Waals surface area contributed by atoms with Crippen molar-refractivity contribution in [1.82, 2.24) is 14.9 Å². The van der Waals surface area contributed by atoms with E-state index in [1.807, 2.05) is 4.90 Å². The van der Waals surface area contributed by atoms with E-state index in [-0.39, 0.29) is 17.0 Å². The zero-order chi connectivity index (χ0) is 20.8. The fraction of sp³-hybridized carbons (Fsp3) is 0.476. The molecule has 6 nitrogen and oxygen atoms in total. The standard InChI is InChI=1S/C21H26ClFN4O2/c1-3-4-5-6-21(28)27-10-9-26(13-15(27)2)19-12-20(25-14-24-19)29-16-7-8-18(23)17(22)11-16/h7-8,11-12,14-15H,3-6,9-10,13H2,1-2H3. The monoisotopic (exact) mass is 420 g/mol. The van der Waals surface area contributed by atoms with E-state index in [9.17, 15) is 9.18 Å². The third kappa shape index (κ3) is 5.56. The van der Waals surface area contributed by atoms with Gasteiger partial charge in [0.15, 0.2) is 0 Å². The topological polar surface area (TPSA) is 58.6 Å². The Kier molecular flexibility index (Phi) is 7.25. The number of halogens is 2. The van der Waals surface area contributed by atoms with Gasteiger partial charge in [-0.3, -0.25) is 4.79 Å². The minimum Gasteiger partial charge on any atom is -0.439 e. The highest BCUT2D eigenvalue weighted by atomic mass is 35.5. The van der Waals surface area contributed by atoms with Gasteiger partial charge in [-0.25, -0.2) is 14.4 Å². The lowest BCUT2D eigenvalue weighted by atomic mass is 10.1. The summed E-state index contributed by atoms with van der Waals surface area (Å²) in [5, 5.41) is -0.00895. The number of piperazine rings is 1. The van der Waals surface area contributed by atoms with E-state index in [1.54, 1.807) is 6.07 Å². The van der Waals surface area contributed by atoms with Gasteiger partial charge in [0, 0.05) is 44.2 Å². The Labute approximate surface area is 175 Å². The number of rotatable bonds is 7. The molecule has 1 amide bonds. The van der Waals surface area contributed by atoms with Crippen LogP contribution in [0.15, 0.2) is 30.6 Å². The number of hydrogen-bond donors (Lipinski definition) is 0. The van der Waals surface area contributed by atoms with Crippen LogP contribution in [0.25, 0.3) is 0 Å². The molecule has 0 aliphatic carbocycles. The van der Waals surface area contributed by atoms with Gasteiger partial charge in [-0.05, 0) is 25.5 Å². The second-order valence-electron chi connectivity index (χ2n) is 7.23. The number of carbonyl (C=O) groups excluding carboxylic acids is 1. The zero-order valence-corrected chi connectivity index (χ0v) is 17.5. The number of hydrogen-bond acceptors (Lipinski definition) is 5. The summed E-state index contributed by atoms with van der Waals surface area (Å²) in [6, 6.07) is 5.99. The predicted molar refractivity (Wildman–Crippen MR) is 111 cm³/mol. The molecule has 1 fully saturated rings. The van der Waals surface area contributed by atoms with Gasteiger partial charge in [0.05, 0.1) is 5.02 Å². The third-order valence-corrected chi connectivity index (χ3v) is 5.30. The summed E-state index contributed by atoms with van der Waals surface area (Å²) < 4.78 is 19.0. The molecule has 3 rings (SSSR count). The Morgan fingerprint density at radius 1 is 1.28 bits per heavy atom. The van der Waals surface area contributed by atoms with Crippen LogP contribution in [0.2, 0.25) is 5.02 Å². The Morgan fingerprint density at radius 3 is 2.83 bits per heavy atom. The molecule has 2 aromatic rings. The largest absolute Gasteiger partial charge is 0.439 e. The van der Waals surface area contributed by atoms with Crippen LogP contribution in [-0.2, 0) is 4.79 Å². The lowest BCUT2D eigenvalue weighted by molar-refractivity contribution is -0.133. The zero-order valence-electron chi connectivity index (χ0n) is 16.8. The van der Waals surface area contributed by atoms with Crippen LogP contribution in [-0.4, -0.2) is 46.5 Å². The van der Waals surface area contributed by atoms with Crippen molar-refractivity contribution in [3.05, 3.63) is 41.4 Å². The van der Waals surface area contributed by atoms with E-state index in [2.05, 4.69) is 28.7 Å². The van der Waals surface area contributed by atoms with Crippen molar-refractivity contribution in [2.45, 2.75) is 45.6 Å². The highest BCUT2D eigenvalue weighted by Crippen LogP contribution is 2.27. The quantitative estimate of drug-likeness (QED) is 0.609. The molecule has 1 aromatic heterocycles. The van der Waals surface area contributed by atoms with Gasteiger partial charge in [0.2, 0.25) is 11.8 Å². The molecule has 2 heterocycles. The molecule has 29 heavy (non-hydrogen) atoms. The molecule has 1 aromatic carbocycles. The lowest BCUT2D eigenvalue weighted by Gasteiger charge is -2.40. The van der Waals surface area contributed by atoms with Crippen molar-refractivity contribution in [3.63, 3.8) is 0 Å². The van der Waals surface area contributed by atoms with E-state index >= 15 is 0 Å². The minimum absolute atomic E-state index is 0.00895. The van der Waals surface area contributed by atoms with E-state index in [0.29, 0.717) is 37.7 Å². The van der Waals surface area contributed by atoms with E-state index in [4.69, 9.17) is 16.3 Å². The van der Waals surface area contributed by atoms with Crippen molar-refractivity contribution in [3.8, 4) is 11.6 Å². The maximum absolute atomic E-state index is 13.3. The van der Waals surface area contributed by atoms with Crippen molar-refractivity contribution in [2.75, 3.05) is 24.5 Å². The Balaban J connectivity index is 1.62. The average Bonchev–Trinajstić information content (AvgIpc) is 2.71. The summed E-state index contributed by atoms with van der Waals surface area (Å²) >= 11 is 5.80. The second-order valence-corrected chi connectivity index (χ2v) is 7.64. The number of amides is 1. The van der Waals surface area contributed by atoms with Crippen LogP contribution in [0.4, 0.5) is 10.2 Å². The second kappa shape index (κ2) is 9.87. The molecule has 1 atom stereocenters. The highest BCUT2D eigenvalue weighted by Gasteiger charge is 2.27. The number of anilines is 1. The minimum atomic E-state index is -0.501. The molecule has 0 bridgehead atoms. The Morgan fingerprint density at radius 2 is 2.10 bits per heavy atom. The van der Waals surface area contributed by atoms with Crippen LogP contribution in [0.3, 0.4) is 0 Å². The van der Waals surface area contributed by atoms with Gasteiger partial charge in [0.1, 0.15) is 23.7 Å². The summed E-state index contributed by atoms with van der Waals surface area (Å²) in [5.74, 6) is 1.21. The maximum atomic E-state index is 13.3. The number of benzene rings is 1. The van der Waals surface area contributed by atoms with Crippen molar-refractivity contribution in [2.24, 2.45) is 0 Å². The maximum Gasteiger partial charge on any atom is 0.224 e. The van der Waals surface area contributed by atoms with Crippen LogP contribution in [0.1, 0.15) is 39.5 Å². The molecule has 1 unspecified atom stereocenters. The average molecular weight is 421 g/mol. The van der Waals surface area contributed by atoms with E-state index in [0.717, 1.165) is 25.1 Å². The molecule has 0 N–H and O–H groups in total. The van der Waals surface area contributed by atoms with Gasteiger partial charge in [-0.2, -0.15) is 0 Å². The van der Waals surface area contributed by atoms with Gasteiger partial charge in [-0.1, -0.05) is 31.4 Å². The van der Waals surface area contributed by atoms with E-state index < -0.39 is 5.82 Å². The first-order valence-electron chi connectivity index (χ1n) is 9.97. The molecule has 1 aliphatic heterocycles. The summed E-state index contributed by atoms with van der Waals surface area (Å²) in [6.07, 6.45) is 5.19. The molecule has 0 saturated carbocycles. The number of nitrogens with zero attached hydrogens (tertiary/aromatic N) is 4. The van der Waals surface area contributed by atoms with Crippen LogP contribution in [0, 0.1) is 5.82 Å². The van der Waals surface area contributed by atoms with Gasteiger partial charge < -0.3 is 14.5 Å². The fourth-order valence-corrected chi connectivity index (χ4v) is 3.60. The van der Waals surface area contributed by atoms with Crippen molar-refractivity contribution in [1.29, 1.82) is 0 Å². The van der Waals surface area contributed by atoms with Gasteiger partial charge in [-0.15, -0.1) is 0 Å². The lowest BCUT2D eigenvalue weighted by Crippen LogP contribution is -2.54. The van der Waals surface area contributed by atoms with Crippen LogP contribution < -0.4 is 9.64 Å². The Hall–Kier alpha value is -2.41. The highest BCUT2D eigenvalue weighted by molar-refractivity contribution is 6.30. The Bertz CT molecular complexity index is 851. The molecule has 1 saturated heterocycles. The smallest absolute Gasteiger partial charge is 0.224 e. The van der Waals surface area contributed by atoms with Crippen molar-refractivity contribution < 1.29 is 13.9 Å². The fourth-order valence-electron chi connectivity index (χ4n) is 3.43. The molecule has 0 radical (unpaired) electrons. The normalized spacial score (nSPS) is 16.8. The summed E-state index contributed by atoms with van der Waals surface area (Å²) in [4.78, 5) is 25.0. The first kappa shape index (κ1) is 21.3. The summed E-state index contributed by atoms with van der Waals surface area (Å²) in [5.41, 5.74) is 0. The van der Waals surface area contributed by atoms with Crippen molar-refractivity contribution >= 4 is 23.3 Å². The molecular weight excluding hydrogens is 395 g/mol. The number of ether oxygens (including phenoxy) is 1. The summed E-state index contributed by atoms with van der Waals surface area (Å²) in [6.45, 7) is 6.25. The predicted octanol–water partition coefficient (Wildman–Crippen LogP) is 4.68. The molecule has 156 valence electrons. The third-order valence-electron chi connectivity index (χ3n) is 5.01. The SMILES string of the molecule is CCCCCC(=O)N1CCN(c2cc(Oc3ccc(F)c(Cl)c3)ncn2)CC1C. The molecule has 1 aliphatic rings. The molecular formula is C21H26ClFN4O2. The summed E-state index contributed by atoms with van der Waals surface area (Å²) in [7, 11) is 0.